The number of benzene rings is 2. The standard InChI is InChI=1S/C22H20Cl2N2O2/c23-15-11-9-14(10-12-15)13-26-18-8-4-3-7-17(18)19(21(26)24)20(27)22(28)25-16-5-1-2-6-16/h3-4,7-12,16H,1-2,5-6,13H2,(H,25,28). The van der Waals surface area contributed by atoms with Crippen molar-refractivity contribution in [1.29, 1.82) is 0 Å². The number of carbonyl (C=O) groups excluding carboxylic acids is 2. The number of halogens is 2. The van der Waals surface area contributed by atoms with Gasteiger partial charge in [-0.15, -0.1) is 0 Å². The van der Waals surface area contributed by atoms with E-state index in [0.717, 1.165) is 36.8 Å². The van der Waals surface area contributed by atoms with Crippen LogP contribution in [0.1, 0.15) is 41.6 Å². The molecule has 144 valence electrons. The van der Waals surface area contributed by atoms with Crippen LogP contribution in [0, 0.1) is 0 Å². The van der Waals surface area contributed by atoms with Gasteiger partial charge in [0, 0.05) is 23.0 Å². The Morgan fingerprint density at radius 2 is 1.68 bits per heavy atom. The summed E-state index contributed by atoms with van der Waals surface area (Å²) in [6, 6.07) is 15.0. The van der Waals surface area contributed by atoms with Gasteiger partial charge in [0.05, 0.1) is 11.1 Å². The van der Waals surface area contributed by atoms with Gasteiger partial charge in [-0.1, -0.05) is 66.4 Å². The molecule has 1 heterocycles. The number of hydrogen-bond acceptors (Lipinski definition) is 2. The number of carbonyl (C=O) groups is 2. The van der Waals surface area contributed by atoms with Gasteiger partial charge in [0.1, 0.15) is 5.15 Å². The zero-order valence-corrected chi connectivity index (χ0v) is 16.8. The molecule has 2 aromatic carbocycles. The van der Waals surface area contributed by atoms with Crippen LogP contribution in [0.4, 0.5) is 0 Å². The molecule has 3 aromatic rings. The number of hydrogen-bond donors (Lipinski definition) is 1. The summed E-state index contributed by atoms with van der Waals surface area (Å²) in [5, 5.41) is 4.49. The topological polar surface area (TPSA) is 51.1 Å². The summed E-state index contributed by atoms with van der Waals surface area (Å²) in [5.74, 6) is -1.16. The van der Waals surface area contributed by atoms with Crippen molar-refractivity contribution in [3.8, 4) is 0 Å². The van der Waals surface area contributed by atoms with Gasteiger partial charge in [-0.2, -0.15) is 0 Å². The van der Waals surface area contributed by atoms with E-state index >= 15 is 0 Å². The molecular formula is C22H20Cl2N2O2. The van der Waals surface area contributed by atoms with E-state index < -0.39 is 11.7 Å². The number of rotatable bonds is 5. The van der Waals surface area contributed by atoms with Gasteiger partial charge in [0.25, 0.3) is 11.7 Å². The molecule has 0 bridgehead atoms. The Morgan fingerprint density at radius 1 is 1.00 bits per heavy atom. The number of fused-ring (bicyclic) bond motifs is 1. The second-order valence-corrected chi connectivity index (χ2v) is 7.97. The highest BCUT2D eigenvalue weighted by Crippen LogP contribution is 2.31. The first-order valence-corrected chi connectivity index (χ1v) is 10.2. The van der Waals surface area contributed by atoms with E-state index in [2.05, 4.69) is 5.32 Å². The molecule has 4 nitrogen and oxygen atoms in total. The zero-order valence-electron chi connectivity index (χ0n) is 15.3. The van der Waals surface area contributed by atoms with Gasteiger partial charge in [0.2, 0.25) is 0 Å². The fourth-order valence-corrected chi connectivity index (χ4v) is 4.31. The van der Waals surface area contributed by atoms with Crippen molar-refractivity contribution < 1.29 is 9.59 Å². The van der Waals surface area contributed by atoms with Crippen molar-refractivity contribution in [3.63, 3.8) is 0 Å². The molecule has 0 saturated heterocycles. The van der Waals surface area contributed by atoms with Crippen LogP contribution in [0.5, 0.6) is 0 Å². The molecule has 0 aliphatic heterocycles. The molecule has 1 fully saturated rings. The molecule has 1 aliphatic rings. The lowest BCUT2D eigenvalue weighted by Gasteiger charge is -2.11. The third-order valence-electron chi connectivity index (χ3n) is 5.29. The van der Waals surface area contributed by atoms with E-state index in [4.69, 9.17) is 23.2 Å². The Balaban J connectivity index is 1.70. The minimum absolute atomic E-state index is 0.0812. The van der Waals surface area contributed by atoms with E-state index in [0.29, 0.717) is 17.0 Å². The second kappa shape index (κ2) is 7.98. The van der Waals surface area contributed by atoms with Gasteiger partial charge in [-0.25, -0.2) is 0 Å². The zero-order chi connectivity index (χ0) is 19.7. The first kappa shape index (κ1) is 19.0. The molecule has 1 aromatic heterocycles. The Morgan fingerprint density at radius 3 is 2.39 bits per heavy atom. The van der Waals surface area contributed by atoms with Crippen molar-refractivity contribution in [2.24, 2.45) is 0 Å². The molecule has 1 amide bonds. The summed E-state index contributed by atoms with van der Waals surface area (Å²) in [7, 11) is 0. The predicted molar refractivity (Wildman–Crippen MR) is 112 cm³/mol. The molecular weight excluding hydrogens is 395 g/mol. The van der Waals surface area contributed by atoms with E-state index in [1.807, 2.05) is 53.1 Å². The van der Waals surface area contributed by atoms with E-state index in [9.17, 15) is 9.59 Å². The third-order valence-corrected chi connectivity index (χ3v) is 5.93. The quantitative estimate of drug-likeness (QED) is 0.458. The van der Waals surface area contributed by atoms with Crippen LogP contribution in [-0.2, 0) is 11.3 Å². The first-order chi connectivity index (χ1) is 13.5. The molecule has 0 atom stereocenters. The van der Waals surface area contributed by atoms with Gasteiger partial charge >= 0.3 is 0 Å². The molecule has 4 rings (SSSR count). The summed E-state index contributed by atoms with van der Waals surface area (Å²) in [6.45, 7) is 0.480. The summed E-state index contributed by atoms with van der Waals surface area (Å²) in [5.41, 5.74) is 2.09. The molecule has 0 radical (unpaired) electrons. The maximum Gasteiger partial charge on any atom is 0.292 e. The maximum absolute atomic E-state index is 13.0. The van der Waals surface area contributed by atoms with Crippen molar-refractivity contribution >= 4 is 45.8 Å². The first-order valence-electron chi connectivity index (χ1n) is 9.41. The van der Waals surface area contributed by atoms with Gasteiger partial charge in [-0.05, 0) is 36.6 Å². The van der Waals surface area contributed by atoms with Gasteiger partial charge in [-0.3, -0.25) is 9.59 Å². The molecule has 1 aliphatic carbocycles. The summed E-state index contributed by atoms with van der Waals surface area (Å²) < 4.78 is 1.86. The molecule has 0 spiro atoms. The highest BCUT2D eigenvalue weighted by Gasteiger charge is 2.28. The third kappa shape index (κ3) is 3.67. The second-order valence-electron chi connectivity index (χ2n) is 7.18. The lowest BCUT2D eigenvalue weighted by atomic mass is 10.1. The molecule has 6 heteroatoms. The summed E-state index contributed by atoms with van der Waals surface area (Å²) in [4.78, 5) is 25.5. The van der Waals surface area contributed by atoms with Crippen LogP contribution in [0.3, 0.4) is 0 Å². The largest absolute Gasteiger partial charge is 0.346 e. The highest BCUT2D eigenvalue weighted by molar-refractivity contribution is 6.49. The Bertz CT molecular complexity index is 1030. The van der Waals surface area contributed by atoms with Gasteiger partial charge in [0.15, 0.2) is 0 Å². The average Bonchev–Trinajstić information content (AvgIpc) is 3.30. The van der Waals surface area contributed by atoms with Crippen LogP contribution >= 0.6 is 23.2 Å². The van der Waals surface area contributed by atoms with Crippen LogP contribution in [0.25, 0.3) is 10.9 Å². The lowest BCUT2D eigenvalue weighted by Crippen LogP contribution is -2.37. The number of amides is 1. The van der Waals surface area contributed by atoms with Crippen molar-refractivity contribution in [1.82, 2.24) is 9.88 Å². The number of nitrogens with one attached hydrogen (secondary N) is 1. The van der Waals surface area contributed by atoms with E-state index in [-0.39, 0.29) is 16.8 Å². The van der Waals surface area contributed by atoms with Gasteiger partial charge < -0.3 is 9.88 Å². The van der Waals surface area contributed by atoms with E-state index in [1.54, 1.807) is 0 Å². The van der Waals surface area contributed by atoms with Crippen LogP contribution in [0.2, 0.25) is 10.2 Å². The SMILES string of the molecule is O=C(NC1CCCC1)C(=O)c1c(Cl)n(Cc2ccc(Cl)cc2)c2ccccc12. The average molecular weight is 415 g/mol. The van der Waals surface area contributed by atoms with Crippen LogP contribution in [0.15, 0.2) is 48.5 Å². The monoisotopic (exact) mass is 414 g/mol. The minimum atomic E-state index is -0.581. The van der Waals surface area contributed by atoms with Crippen molar-refractivity contribution in [2.75, 3.05) is 0 Å². The number of aromatic nitrogens is 1. The van der Waals surface area contributed by atoms with Crippen molar-refractivity contribution in [2.45, 2.75) is 38.3 Å². The fourth-order valence-electron chi connectivity index (χ4n) is 3.85. The molecule has 28 heavy (non-hydrogen) atoms. The van der Waals surface area contributed by atoms with Crippen LogP contribution < -0.4 is 5.32 Å². The normalized spacial score (nSPS) is 14.5. The molecule has 1 saturated carbocycles. The predicted octanol–water partition coefficient (Wildman–Crippen LogP) is 5.24. The number of ketones is 1. The smallest absolute Gasteiger partial charge is 0.292 e. The molecule has 0 unspecified atom stereocenters. The fraction of sp³-hybridized carbons (Fsp3) is 0.273. The number of nitrogens with zero attached hydrogens (tertiary/aromatic N) is 1. The Labute approximate surface area is 173 Å². The number of Topliss-reactive ketones (excluding diaryl/α,β-unsaturated/α-hetero) is 1. The Kier molecular flexibility index (Phi) is 5.42. The van der Waals surface area contributed by atoms with E-state index in [1.165, 1.54) is 0 Å². The minimum Gasteiger partial charge on any atom is -0.346 e. The summed E-state index contributed by atoms with van der Waals surface area (Å²) >= 11 is 12.6. The highest BCUT2D eigenvalue weighted by atomic mass is 35.5. The lowest BCUT2D eigenvalue weighted by molar-refractivity contribution is -0.117. The summed E-state index contributed by atoms with van der Waals surface area (Å²) in [6.07, 6.45) is 4.01. The van der Waals surface area contributed by atoms with Crippen LogP contribution in [-0.4, -0.2) is 22.3 Å². The van der Waals surface area contributed by atoms with Crippen molar-refractivity contribution in [3.05, 3.63) is 69.8 Å². The maximum atomic E-state index is 13.0. The Hall–Kier alpha value is -2.30. The number of para-hydroxylation sites is 1. The molecule has 1 N–H and O–H groups in total.